The van der Waals surface area contributed by atoms with Crippen molar-refractivity contribution in [1.82, 2.24) is 9.55 Å². The van der Waals surface area contributed by atoms with Crippen LogP contribution in [0.15, 0.2) is 36.8 Å². The van der Waals surface area contributed by atoms with Crippen molar-refractivity contribution in [1.29, 1.82) is 5.26 Å². The third-order valence-corrected chi connectivity index (χ3v) is 2.64. The zero-order valence-corrected chi connectivity index (χ0v) is 9.88. The van der Waals surface area contributed by atoms with Crippen LogP contribution in [0.5, 0.6) is 0 Å². The zero-order chi connectivity index (χ0) is 12.3. The average Bonchev–Trinajstić information content (AvgIpc) is 2.75. The predicted octanol–water partition coefficient (Wildman–Crippen LogP) is 2.41. The molecule has 17 heavy (non-hydrogen) atoms. The Kier molecular flexibility index (Phi) is 3.10. The summed E-state index contributed by atoms with van der Waals surface area (Å²) in [4.78, 5) is 4.02. The Bertz CT molecular complexity index is 533. The number of anilines is 1. The molecule has 0 aliphatic carbocycles. The summed E-state index contributed by atoms with van der Waals surface area (Å²) in [6.07, 6.45) is 3.39. The van der Waals surface area contributed by atoms with Crippen LogP contribution in [0.4, 0.5) is 5.69 Å². The lowest BCUT2D eigenvalue weighted by Crippen LogP contribution is -2.11. The minimum absolute atomic E-state index is 0.384. The lowest BCUT2D eigenvalue weighted by molar-refractivity contribution is 0.799. The van der Waals surface area contributed by atoms with Crippen LogP contribution < -0.4 is 5.32 Å². The number of rotatable bonds is 3. The average molecular weight is 226 g/mol. The third kappa shape index (κ3) is 2.45. The van der Waals surface area contributed by atoms with Crippen LogP contribution in [0.3, 0.4) is 0 Å². The number of hydrogen-bond donors (Lipinski definition) is 1. The van der Waals surface area contributed by atoms with E-state index in [1.54, 1.807) is 12.5 Å². The molecule has 0 bridgehead atoms. The normalized spacial score (nSPS) is 11.8. The highest BCUT2D eigenvalue weighted by Gasteiger charge is 2.13. The van der Waals surface area contributed by atoms with Gasteiger partial charge in [0.2, 0.25) is 0 Å². The van der Waals surface area contributed by atoms with Crippen LogP contribution in [-0.4, -0.2) is 9.55 Å². The number of aryl methyl sites for hydroxylation is 2. The van der Waals surface area contributed by atoms with Gasteiger partial charge >= 0.3 is 0 Å². The molecule has 0 saturated heterocycles. The lowest BCUT2D eigenvalue weighted by atomic mass is 10.2. The summed E-state index contributed by atoms with van der Waals surface area (Å²) in [7, 11) is 1.88. The van der Waals surface area contributed by atoms with Gasteiger partial charge in [0.15, 0.2) is 6.04 Å². The Hall–Kier alpha value is -2.28. The summed E-state index contributed by atoms with van der Waals surface area (Å²) in [6.45, 7) is 2.03. The second-order valence-corrected chi connectivity index (χ2v) is 4.00. The van der Waals surface area contributed by atoms with Gasteiger partial charge in [-0.05, 0) is 19.1 Å². The van der Waals surface area contributed by atoms with Crippen molar-refractivity contribution < 1.29 is 0 Å². The van der Waals surface area contributed by atoms with E-state index in [4.69, 9.17) is 0 Å². The number of hydrogen-bond acceptors (Lipinski definition) is 3. The van der Waals surface area contributed by atoms with Gasteiger partial charge in [-0.2, -0.15) is 5.26 Å². The number of imidazole rings is 1. The SMILES string of the molecule is Cc1ccc(NC(C#N)c2cncn2C)cc1. The Morgan fingerprint density at radius 1 is 1.35 bits per heavy atom. The molecule has 1 atom stereocenters. The summed E-state index contributed by atoms with van der Waals surface area (Å²) < 4.78 is 1.84. The molecule has 4 heteroatoms. The third-order valence-electron chi connectivity index (χ3n) is 2.64. The van der Waals surface area contributed by atoms with E-state index in [-0.39, 0.29) is 6.04 Å². The summed E-state index contributed by atoms with van der Waals surface area (Å²) in [5.41, 5.74) is 2.99. The molecule has 0 amide bonds. The van der Waals surface area contributed by atoms with E-state index in [0.29, 0.717) is 0 Å². The van der Waals surface area contributed by atoms with E-state index in [0.717, 1.165) is 11.4 Å². The Morgan fingerprint density at radius 2 is 2.06 bits per heavy atom. The van der Waals surface area contributed by atoms with E-state index >= 15 is 0 Å². The first-order chi connectivity index (χ1) is 8.20. The van der Waals surface area contributed by atoms with E-state index < -0.39 is 0 Å². The van der Waals surface area contributed by atoms with Gasteiger partial charge in [-0.1, -0.05) is 17.7 Å². The van der Waals surface area contributed by atoms with Gasteiger partial charge in [0.1, 0.15) is 0 Å². The van der Waals surface area contributed by atoms with Crippen LogP contribution in [0, 0.1) is 18.3 Å². The molecule has 86 valence electrons. The molecule has 1 aromatic heterocycles. The van der Waals surface area contributed by atoms with Crippen molar-refractivity contribution in [2.45, 2.75) is 13.0 Å². The van der Waals surface area contributed by atoms with Crippen LogP contribution >= 0.6 is 0 Å². The molecule has 2 aromatic rings. The van der Waals surface area contributed by atoms with E-state index in [9.17, 15) is 5.26 Å². The lowest BCUT2D eigenvalue weighted by Gasteiger charge is -2.13. The maximum absolute atomic E-state index is 9.18. The Morgan fingerprint density at radius 3 is 2.59 bits per heavy atom. The second kappa shape index (κ2) is 4.71. The zero-order valence-electron chi connectivity index (χ0n) is 9.88. The van der Waals surface area contributed by atoms with Crippen molar-refractivity contribution in [2.75, 3.05) is 5.32 Å². The molecule has 1 heterocycles. The van der Waals surface area contributed by atoms with Crippen molar-refractivity contribution >= 4 is 5.69 Å². The van der Waals surface area contributed by atoms with Gasteiger partial charge in [-0.15, -0.1) is 0 Å². The first kappa shape index (κ1) is 11.2. The van der Waals surface area contributed by atoms with Gasteiger partial charge in [-0.25, -0.2) is 4.98 Å². The molecule has 0 radical (unpaired) electrons. The molecule has 1 unspecified atom stereocenters. The fraction of sp³-hybridized carbons (Fsp3) is 0.231. The summed E-state index contributed by atoms with van der Waals surface area (Å²) in [6, 6.07) is 9.82. The minimum Gasteiger partial charge on any atom is -0.365 e. The quantitative estimate of drug-likeness (QED) is 0.874. The van der Waals surface area contributed by atoms with Crippen molar-refractivity contribution in [3.8, 4) is 6.07 Å². The molecule has 1 aromatic carbocycles. The Labute approximate surface area is 101 Å². The predicted molar refractivity (Wildman–Crippen MR) is 66.4 cm³/mol. The smallest absolute Gasteiger partial charge is 0.156 e. The monoisotopic (exact) mass is 226 g/mol. The summed E-state index contributed by atoms with van der Waals surface area (Å²) in [5.74, 6) is 0. The van der Waals surface area contributed by atoms with E-state index in [2.05, 4.69) is 16.4 Å². The number of nitrogens with one attached hydrogen (secondary N) is 1. The van der Waals surface area contributed by atoms with Crippen LogP contribution in [0.1, 0.15) is 17.3 Å². The molecule has 0 spiro atoms. The minimum atomic E-state index is -0.384. The van der Waals surface area contributed by atoms with E-state index in [1.165, 1.54) is 5.56 Å². The van der Waals surface area contributed by atoms with Crippen molar-refractivity contribution in [2.24, 2.45) is 7.05 Å². The molecular formula is C13H14N4. The topological polar surface area (TPSA) is 53.6 Å². The van der Waals surface area contributed by atoms with Crippen molar-refractivity contribution in [3.63, 3.8) is 0 Å². The number of nitrogens with zero attached hydrogens (tertiary/aromatic N) is 3. The highest BCUT2D eigenvalue weighted by molar-refractivity contribution is 5.47. The second-order valence-electron chi connectivity index (χ2n) is 4.00. The molecule has 0 saturated carbocycles. The van der Waals surface area contributed by atoms with Gasteiger partial charge in [0, 0.05) is 12.7 Å². The van der Waals surface area contributed by atoms with Gasteiger partial charge in [-0.3, -0.25) is 0 Å². The summed E-state index contributed by atoms with van der Waals surface area (Å²) >= 11 is 0. The molecule has 0 aliphatic rings. The molecule has 1 N–H and O–H groups in total. The van der Waals surface area contributed by atoms with Gasteiger partial charge in [0.25, 0.3) is 0 Å². The number of aromatic nitrogens is 2. The van der Waals surface area contributed by atoms with Crippen LogP contribution in [-0.2, 0) is 7.05 Å². The molecule has 0 aliphatic heterocycles. The largest absolute Gasteiger partial charge is 0.365 e. The molecular weight excluding hydrogens is 212 g/mol. The highest BCUT2D eigenvalue weighted by atomic mass is 15.1. The maximum atomic E-state index is 9.18. The standard InChI is InChI=1S/C13H14N4/c1-10-3-5-11(6-4-10)16-12(7-14)13-8-15-9-17(13)2/h3-6,8-9,12,16H,1-2H3. The fourth-order valence-electron chi connectivity index (χ4n) is 1.63. The fourth-order valence-corrected chi connectivity index (χ4v) is 1.63. The Balaban J connectivity index is 2.19. The number of benzene rings is 1. The first-order valence-electron chi connectivity index (χ1n) is 5.40. The van der Waals surface area contributed by atoms with E-state index in [1.807, 2.05) is 42.8 Å². The molecule has 4 nitrogen and oxygen atoms in total. The molecule has 0 fully saturated rings. The van der Waals surface area contributed by atoms with Crippen LogP contribution in [0.25, 0.3) is 0 Å². The maximum Gasteiger partial charge on any atom is 0.156 e. The first-order valence-corrected chi connectivity index (χ1v) is 5.40. The summed E-state index contributed by atoms with van der Waals surface area (Å²) in [5, 5.41) is 12.4. The van der Waals surface area contributed by atoms with Gasteiger partial charge < -0.3 is 9.88 Å². The molecule has 2 rings (SSSR count). The van der Waals surface area contributed by atoms with Gasteiger partial charge in [0.05, 0.1) is 24.3 Å². The highest BCUT2D eigenvalue weighted by Crippen LogP contribution is 2.18. The van der Waals surface area contributed by atoms with Crippen LogP contribution in [0.2, 0.25) is 0 Å². The van der Waals surface area contributed by atoms with Crippen molar-refractivity contribution in [3.05, 3.63) is 48.0 Å². The number of nitriles is 1.